The third-order valence-electron chi connectivity index (χ3n) is 2.04. The lowest BCUT2D eigenvalue weighted by Gasteiger charge is -2.15. The number of rotatable bonds is 5. The fourth-order valence-electron chi connectivity index (χ4n) is 1.23. The molecule has 1 rings (SSSR count). The lowest BCUT2D eigenvalue weighted by molar-refractivity contribution is 0.158. The lowest BCUT2D eigenvalue weighted by atomic mass is 10.2. The molecule has 1 aromatic carbocycles. The Bertz CT molecular complexity index is 261. The third kappa shape index (κ3) is 6.83. The van der Waals surface area contributed by atoms with Crippen molar-refractivity contribution in [3.05, 3.63) is 34.9 Å². The third-order valence-corrected chi connectivity index (χ3v) is 2.29. The summed E-state index contributed by atoms with van der Waals surface area (Å²) in [5, 5.41) is 0.785. The van der Waals surface area contributed by atoms with E-state index in [-0.39, 0.29) is 0 Å². The van der Waals surface area contributed by atoms with Crippen molar-refractivity contribution in [3.63, 3.8) is 0 Å². The molecule has 0 bridgehead atoms. The predicted molar refractivity (Wildman–Crippen MR) is 71.0 cm³/mol. The molecule has 0 aliphatic carbocycles. The number of hydrogen-bond acceptors (Lipinski definition) is 2. The van der Waals surface area contributed by atoms with Crippen LogP contribution >= 0.6 is 11.6 Å². The summed E-state index contributed by atoms with van der Waals surface area (Å²) in [5.41, 5.74) is 1.27. The molecule has 0 saturated carbocycles. The maximum atomic E-state index is 5.80. The summed E-state index contributed by atoms with van der Waals surface area (Å²) >= 11 is 5.80. The van der Waals surface area contributed by atoms with Gasteiger partial charge in [0.25, 0.3) is 0 Å². The quantitative estimate of drug-likeness (QED) is 0.786. The monoisotopic (exact) mass is 243 g/mol. The standard InChI is InChI=1S/C11H16ClNO.C2H6/c1-13(7-8-14-2)9-10-3-5-11(12)6-4-10;1-2/h3-6H,7-9H2,1-2H3;1-2H3. The van der Waals surface area contributed by atoms with Crippen LogP contribution < -0.4 is 0 Å². The van der Waals surface area contributed by atoms with Gasteiger partial charge in [0, 0.05) is 25.2 Å². The van der Waals surface area contributed by atoms with Gasteiger partial charge in [-0.1, -0.05) is 37.6 Å². The summed E-state index contributed by atoms with van der Waals surface area (Å²) in [6, 6.07) is 7.93. The Labute approximate surface area is 104 Å². The lowest BCUT2D eigenvalue weighted by Crippen LogP contribution is -2.22. The molecule has 0 heterocycles. The number of ether oxygens (including phenoxy) is 1. The molecule has 3 heteroatoms. The van der Waals surface area contributed by atoms with Gasteiger partial charge in [0.2, 0.25) is 0 Å². The van der Waals surface area contributed by atoms with E-state index >= 15 is 0 Å². The molecule has 0 radical (unpaired) electrons. The first-order valence-corrected chi connectivity index (χ1v) is 6.02. The van der Waals surface area contributed by atoms with Gasteiger partial charge < -0.3 is 4.74 Å². The van der Waals surface area contributed by atoms with E-state index in [2.05, 4.69) is 11.9 Å². The van der Waals surface area contributed by atoms with Gasteiger partial charge in [-0.2, -0.15) is 0 Å². The van der Waals surface area contributed by atoms with Gasteiger partial charge in [-0.25, -0.2) is 0 Å². The van der Waals surface area contributed by atoms with Gasteiger partial charge in [-0.3, -0.25) is 4.90 Å². The summed E-state index contributed by atoms with van der Waals surface area (Å²) in [5.74, 6) is 0. The fourth-order valence-corrected chi connectivity index (χ4v) is 1.35. The van der Waals surface area contributed by atoms with Crippen molar-refractivity contribution in [3.8, 4) is 0 Å². The first kappa shape index (κ1) is 15.4. The SMILES string of the molecule is CC.COCCN(C)Cc1ccc(Cl)cc1. The van der Waals surface area contributed by atoms with Crippen molar-refractivity contribution in [2.24, 2.45) is 0 Å². The summed E-state index contributed by atoms with van der Waals surface area (Å²) in [6.07, 6.45) is 0. The summed E-state index contributed by atoms with van der Waals surface area (Å²) in [4.78, 5) is 2.22. The molecule has 0 amide bonds. The van der Waals surface area contributed by atoms with E-state index in [1.807, 2.05) is 38.1 Å². The average molecular weight is 244 g/mol. The Hall–Kier alpha value is -0.570. The zero-order chi connectivity index (χ0) is 12.4. The highest BCUT2D eigenvalue weighted by molar-refractivity contribution is 6.30. The highest BCUT2D eigenvalue weighted by atomic mass is 35.5. The number of likely N-dealkylation sites (N-methyl/N-ethyl adjacent to an activating group) is 1. The Morgan fingerprint density at radius 1 is 1.19 bits per heavy atom. The van der Waals surface area contributed by atoms with Crippen molar-refractivity contribution in [2.45, 2.75) is 20.4 Å². The van der Waals surface area contributed by atoms with E-state index in [1.54, 1.807) is 7.11 Å². The summed E-state index contributed by atoms with van der Waals surface area (Å²) in [6.45, 7) is 6.64. The average Bonchev–Trinajstić information content (AvgIpc) is 2.32. The van der Waals surface area contributed by atoms with Crippen molar-refractivity contribution in [1.82, 2.24) is 4.90 Å². The molecule has 0 atom stereocenters. The van der Waals surface area contributed by atoms with Crippen LogP contribution in [0.25, 0.3) is 0 Å². The second-order valence-electron chi connectivity index (χ2n) is 3.36. The van der Waals surface area contributed by atoms with Gasteiger partial charge in [-0.15, -0.1) is 0 Å². The number of hydrogen-bond donors (Lipinski definition) is 0. The Balaban J connectivity index is 0.00000106. The predicted octanol–water partition coefficient (Wildman–Crippen LogP) is 3.44. The second kappa shape index (κ2) is 9.64. The molecule has 0 N–H and O–H groups in total. The van der Waals surface area contributed by atoms with Gasteiger partial charge in [0.1, 0.15) is 0 Å². The van der Waals surface area contributed by atoms with Gasteiger partial charge >= 0.3 is 0 Å². The maximum absolute atomic E-state index is 5.80. The first-order valence-electron chi connectivity index (χ1n) is 5.64. The number of nitrogens with zero attached hydrogens (tertiary/aromatic N) is 1. The zero-order valence-corrected chi connectivity index (χ0v) is 11.4. The second-order valence-corrected chi connectivity index (χ2v) is 3.79. The Morgan fingerprint density at radius 3 is 2.25 bits per heavy atom. The van der Waals surface area contributed by atoms with E-state index in [0.717, 1.165) is 24.7 Å². The van der Waals surface area contributed by atoms with E-state index in [1.165, 1.54) is 5.56 Å². The summed E-state index contributed by atoms with van der Waals surface area (Å²) in [7, 11) is 3.80. The van der Waals surface area contributed by atoms with Crippen LogP contribution in [0.15, 0.2) is 24.3 Å². The fraction of sp³-hybridized carbons (Fsp3) is 0.538. The highest BCUT2D eigenvalue weighted by Crippen LogP contribution is 2.10. The van der Waals surface area contributed by atoms with Crippen LogP contribution in [0.3, 0.4) is 0 Å². The van der Waals surface area contributed by atoms with Gasteiger partial charge in [-0.05, 0) is 24.7 Å². The Kier molecular flexibility index (Phi) is 9.30. The minimum Gasteiger partial charge on any atom is -0.383 e. The van der Waals surface area contributed by atoms with Crippen LogP contribution in [0.1, 0.15) is 19.4 Å². The van der Waals surface area contributed by atoms with E-state index < -0.39 is 0 Å². The van der Waals surface area contributed by atoms with Crippen LogP contribution in [-0.2, 0) is 11.3 Å². The highest BCUT2D eigenvalue weighted by Gasteiger charge is 1.99. The molecule has 0 aromatic heterocycles. The number of benzene rings is 1. The molecular weight excluding hydrogens is 222 g/mol. The molecule has 0 saturated heterocycles. The molecule has 0 aliphatic heterocycles. The minimum atomic E-state index is 0.768. The van der Waals surface area contributed by atoms with E-state index in [0.29, 0.717) is 0 Å². The van der Waals surface area contributed by atoms with E-state index in [9.17, 15) is 0 Å². The molecule has 0 aliphatic rings. The Morgan fingerprint density at radius 2 is 1.75 bits per heavy atom. The minimum absolute atomic E-state index is 0.768. The number of methoxy groups -OCH3 is 1. The largest absolute Gasteiger partial charge is 0.383 e. The molecule has 0 spiro atoms. The van der Waals surface area contributed by atoms with Crippen LogP contribution in [0.4, 0.5) is 0 Å². The number of halogens is 1. The van der Waals surface area contributed by atoms with Crippen molar-refractivity contribution >= 4 is 11.6 Å². The van der Waals surface area contributed by atoms with Crippen molar-refractivity contribution in [2.75, 3.05) is 27.3 Å². The molecule has 0 unspecified atom stereocenters. The zero-order valence-electron chi connectivity index (χ0n) is 10.7. The normalized spacial score (nSPS) is 9.88. The van der Waals surface area contributed by atoms with Gasteiger partial charge in [0.15, 0.2) is 0 Å². The molecule has 1 aromatic rings. The van der Waals surface area contributed by atoms with Crippen LogP contribution in [0.2, 0.25) is 5.02 Å². The molecular formula is C13H22ClNO. The van der Waals surface area contributed by atoms with E-state index in [4.69, 9.17) is 16.3 Å². The smallest absolute Gasteiger partial charge is 0.0589 e. The summed E-state index contributed by atoms with van der Waals surface area (Å²) < 4.78 is 5.01. The molecule has 0 fully saturated rings. The maximum Gasteiger partial charge on any atom is 0.0589 e. The van der Waals surface area contributed by atoms with Crippen LogP contribution in [0.5, 0.6) is 0 Å². The van der Waals surface area contributed by atoms with Crippen molar-refractivity contribution < 1.29 is 4.74 Å². The van der Waals surface area contributed by atoms with Crippen molar-refractivity contribution in [1.29, 1.82) is 0 Å². The first-order chi connectivity index (χ1) is 7.72. The molecule has 92 valence electrons. The molecule has 2 nitrogen and oxygen atoms in total. The van der Waals surface area contributed by atoms with Crippen LogP contribution in [-0.4, -0.2) is 32.2 Å². The molecule has 16 heavy (non-hydrogen) atoms. The topological polar surface area (TPSA) is 12.5 Å². The van der Waals surface area contributed by atoms with Gasteiger partial charge in [0.05, 0.1) is 6.61 Å². The van der Waals surface area contributed by atoms with Crippen LogP contribution in [0, 0.1) is 0 Å².